The maximum Gasteiger partial charge on any atom is 0.234 e. The summed E-state index contributed by atoms with van der Waals surface area (Å²) < 4.78 is 50.3. The van der Waals surface area contributed by atoms with E-state index in [1.807, 2.05) is 0 Å². The Bertz CT molecular complexity index is 491. The summed E-state index contributed by atoms with van der Waals surface area (Å²) in [4.78, 5) is 0. The summed E-state index contributed by atoms with van der Waals surface area (Å²) >= 11 is 0. The molecule has 0 aliphatic carbocycles. The molecule has 0 spiro atoms. The van der Waals surface area contributed by atoms with Crippen LogP contribution < -0.4 is 10.0 Å². The maximum absolute atomic E-state index is 13.0. The van der Waals surface area contributed by atoms with Gasteiger partial charge in [0.15, 0.2) is 11.6 Å². The number of halogens is 2. The van der Waals surface area contributed by atoms with Gasteiger partial charge in [-0.3, -0.25) is 4.31 Å². The number of benzene rings is 1. The minimum absolute atomic E-state index is 0.0290. The highest BCUT2D eigenvalue weighted by Gasteiger charge is 2.20. The molecule has 0 aromatic heterocycles. The Labute approximate surface area is 99.1 Å². The zero-order valence-corrected chi connectivity index (χ0v) is 10.2. The molecular weight excluding hydrogens is 250 g/mol. The molecule has 1 aromatic rings. The number of anilines is 1. The van der Waals surface area contributed by atoms with Gasteiger partial charge in [-0.15, -0.1) is 0 Å². The lowest BCUT2D eigenvalue weighted by Crippen LogP contribution is -2.36. The Morgan fingerprint density at radius 3 is 2.41 bits per heavy atom. The van der Waals surface area contributed by atoms with Gasteiger partial charge >= 0.3 is 0 Å². The summed E-state index contributed by atoms with van der Waals surface area (Å²) in [5, 5.41) is 0. The van der Waals surface area contributed by atoms with Crippen LogP contribution in [-0.4, -0.2) is 27.3 Å². The van der Waals surface area contributed by atoms with Crippen molar-refractivity contribution in [3.63, 3.8) is 0 Å². The topological polar surface area (TPSA) is 63.4 Å². The second kappa shape index (κ2) is 5.42. The highest BCUT2D eigenvalue weighted by atomic mass is 32.2. The smallest absolute Gasteiger partial charge is 0.234 e. The van der Waals surface area contributed by atoms with Gasteiger partial charge in [0, 0.05) is 19.2 Å². The van der Waals surface area contributed by atoms with Crippen molar-refractivity contribution in [1.29, 1.82) is 0 Å². The Balaban J connectivity index is 3.19. The van der Waals surface area contributed by atoms with Crippen molar-refractivity contribution in [3.05, 3.63) is 29.8 Å². The average Bonchev–Trinajstić information content (AvgIpc) is 2.29. The maximum atomic E-state index is 13.0. The van der Waals surface area contributed by atoms with Gasteiger partial charge in [0.2, 0.25) is 10.0 Å². The van der Waals surface area contributed by atoms with Gasteiger partial charge < -0.3 is 5.73 Å². The van der Waals surface area contributed by atoms with Crippen LogP contribution in [0.4, 0.5) is 14.5 Å². The summed E-state index contributed by atoms with van der Waals surface area (Å²) in [5.74, 6) is -2.24. The number of nitrogens with zero attached hydrogens (tertiary/aromatic N) is 1. The molecule has 0 aliphatic rings. The summed E-state index contributed by atoms with van der Waals surface area (Å²) in [6, 6.07) is 2.94. The van der Waals surface area contributed by atoms with Crippen LogP contribution >= 0.6 is 0 Å². The summed E-state index contributed by atoms with van der Waals surface area (Å²) in [5.41, 5.74) is 5.39. The molecule has 96 valence electrons. The van der Waals surface area contributed by atoms with Gasteiger partial charge in [0.1, 0.15) is 0 Å². The molecule has 0 saturated heterocycles. The second-order valence-electron chi connectivity index (χ2n) is 3.36. The lowest BCUT2D eigenvalue weighted by Gasteiger charge is -2.23. The molecule has 0 heterocycles. The lowest BCUT2D eigenvalue weighted by atomic mass is 10.3. The lowest BCUT2D eigenvalue weighted by molar-refractivity contribution is 0.508. The van der Waals surface area contributed by atoms with Gasteiger partial charge in [-0.2, -0.15) is 0 Å². The van der Waals surface area contributed by atoms with E-state index in [4.69, 9.17) is 5.73 Å². The van der Waals surface area contributed by atoms with Crippen LogP contribution in [0.15, 0.2) is 18.2 Å². The fraction of sp³-hybridized carbons (Fsp3) is 0.400. The Kier molecular flexibility index (Phi) is 4.41. The van der Waals surface area contributed by atoms with E-state index in [2.05, 4.69) is 0 Å². The van der Waals surface area contributed by atoms with E-state index in [1.54, 1.807) is 0 Å². The van der Waals surface area contributed by atoms with Crippen LogP contribution in [0.5, 0.6) is 0 Å². The number of hydrogen-bond donors (Lipinski definition) is 1. The number of nitrogens with two attached hydrogens (primary N) is 1. The van der Waals surface area contributed by atoms with Crippen LogP contribution in [0, 0.1) is 11.6 Å². The largest absolute Gasteiger partial charge is 0.329 e. The molecular formula is C10H14F2N2O2S. The van der Waals surface area contributed by atoms with Gasteiger partial charge in [-0.25, -0.2) is 17.2 Å². The van der Waals surface area contributed by atoms with Crippen LogP contribution in [0.1, 0.15) is 6.92 Å². The minimum Gasteiger partial charge on any atom is -0.329 e. The van der Waals surface area contributed by atoms with Crippen LogP contribution in [0.25, 0.3) is 0 Å². The van der Waals surface area contributed by atoms with Crippen LogP contribution in [0.3, 0.4) is 0 Å². The third-order valence-corrected chi connectivity index (χ3v) is 4.02. The molecule has 0 bridgehead atoms. The predicted octanol–water partition coefficient (Wildman–Crippen LogP) is 1.08. The first-order chi connectivity index (χ1) is 7.92. The molecule has 4 nitrogen and oxygen atoms in total. The summed E-state index contributed by atoms with van der Waals surface area (Å²) in [7, 11) is -3.54. The fourth-order valence-corrected chi connectivity index (χ4v) is 2.47. The van der Waals surface area contributed by atoms with Crippen molar-refractivity contribution in [2.24, 2.45) is 5.73 Å². The monoisotopic (exact) mass is 264 g/mol. The van der Waals surface area contributed by atoms with Gasteiger partial charge in [-0.1, -0.05) is 0 Å². The molecule has 0 aliphatic heterocycles. The number of sulfonamides is 1. The van der Waals surface area contributed by atoms with Crippen molar-refractivity contribution in [1.82, 2.24) is 0 Å². The Morgan fingerprint density at radius 2 is 1.94 bits per heavy atom. The molecule has 0 amide bonds. The van der Waals surface area contributed by atoms with E-state index >= 15 is 0 Å². The SMILES string of the molecule is CCS(=O)(=O)N(CCN)c1ccc(F)c(F)c1. The molecule has 17 heavy (non-hydrogen) atoms. The van der Waals surface area contributed by atoms with Crippen molar-refractivity contribution < 1.29 is 17.2 Å². The van der Waals surface area contributed by atoms with Gasteiger partial charge in [0.25, 0.3) is 0 Å². The van der Waals surface area contributed by atoms with E-state index in [-0.39, 0.29) is 24.5 Å². The zero-order chi connectivity index (χ0) is 13.1. The molecule has 7 heteroatoms. The number of hydrogen-bond acceptors (Lipinski definition) is 3. The number of rotatable bonds is 5. The van der Waals surface area contributed by atoms with E-state index < -0.39 is 21.7 Å². The van der Waals surface area contributed by atoms with Crippen molar-refractivity contribution in [2.45, 2.75) is 6.92 Å². The standard InChI is InChI=1S/C10H14F2N2O2S/c1-2-17(15,16)14(6-5-13)8-3-4-9(11)10(12)7-8/h3-4,7H,2,5-6,13H2,1H3. The first-order valence-electron chi connectivity index (χ1n) is 5.08. The van der Waals surface area contributed by atoms with Gasteiger partial charge in [-0.05, 0) is 19.1 Å². The summed E-state index contributed by atoms with van der Waals surface area (Å²) in [6.07, 6.45) is 0. The molecule has 0 atom stereocenters. The first kappa shape index (κ1) is 13.9. The van der Waals surface area contributed by atoms with E-state index in [0.717, 1.165) is 16.4 Å². The van der Waals surface area contributed by atoms with Crippen LogP contribution in [0.2, 0.25) is 0 Å². The normalized spacial score (nSPS) is 11.5. The van der Waals surface area contributed by atoms with Crippen molar-refractivity contribution >= 4 is 15.7 Å². The summed E-state index contributed by atoms with van der Waals surface area (Å²) in [6.45, 7) is 1.60. The predicted molar refractivity (Wildman–Crippen MR) is 62.2 cm³/mol. The Hall–Kier alpha value is -1.21. The minimum atomic E-state index is -3.54. The molecule has 0 saturated carbocycles. The molecule has 2 N–H and O–H groups in total. The van der Waals surface area contributed by atoms with Crippen molar-refractivity contribution in [3.8, 4) is 0 Å². The third-order valence-electron chi connectivity index (χ3n) is 2.22. The molecule has 0 radical (unpaired) electrons. The zero-order valence-electron chi connectivity index (χ0n) is 9.36. The molecule has 0 unspecified atom stereocenters. The molecule has 1 rings (SSSR count). The van der Waals surface area contributed by atoms with E-state index in [9.17, 15) is 17.2 Å². The third kappa shape index (κ3) is 3.13. The van der Waals surface area contributed by atoms with Gasteiger partial charge in [0.05, 0.1) is 11.4 Å². The molecule has 1 aromatic carbocycles. The highest BCUT2D eigenvalue weighted by Crippen LogP contribution is 2.20. The highest BCUT2D eigenvalue weighted by molar-refractivity contribution is 7.92. The Morgan fingerprint density at radius 1 is 1.29 bits per heavy atom. The second-order valence-corrected chi connectivity index (χ2v) is 5.54. The van der Waals surface area contributed by atoms with Crippen LogP contribution in [-0.2, 0) is 10.0 Å². The van der Waals surface area contributed by atoms with E-state index in [0.29, 0.717) is 0 Å². The molecule has 0 fully saturated rings. The fourth-order valence-electron chi connectivity index (χ4n) is 1.34. The first-order valence-corrected chi connectivity index (χ1v) is 6.68. The van der Waals surface area contributed by atoms with E-state index in [1.165, 1.54) is 13.0 Å². The average molecular weight is 264 g/mol. The van der Waals surface area contributed by atoms with Crippen molar-refractivity contribution in [2.75, 3.05) is 23.1 Å². The quantitative estimate of drug-likeness (QED) is 0.865.